The number of ketones is 1. The Morgan fingerprint density at radius 2 is 1.66 bits per heavy atom. The Labute approximate surface area is 260 Å². The average Bonchev–Trinajstić information content (AvgIpc) is 3.28. The number of esters is 2. The number of benzene rings is 2. The zero-order valence-electron chi connectivity index (χ0n) is 25.1. The van der Waals surface area contributed by atoms with E-state index < -0.39 is 41.0 Å². The molecule has 2 aromatic carbocycles. The molecule has 3 atom stereocenters. The van der Waals surface area contributed by atoms with E-state index in [2.05, 4.69) is 0 Å². The number of fused-ring (bicyclic) bond motifs is 4. The molecule has 0 aliphatic carbocycles. The van der Waals surface area contributed by atoms with Gasteiger partial charge in [-0.25, -0.2) is 9.59 Å². The maximum atomic E-state index is 15.2. The summed E-state index contributed by atoms with van der Waals surface area (Å²) in [7, 11) is 5.31. The first-order valence-corrected chi connectivity index (χ1v) is 14.5. The van der Waals surface area contributed by atoms with Gasteiger partial charge in [-0.1, -0.05) is 24.9 Å². The molecule has 3 aliphatic rings. The molecule has 0 saturated heterocycles. The van der Waals surface area contributed by atoms with Gasteiger partial charge in [-0.15, -0.1) is 0 Å². The molecule has 1 spiro atoms. The van der Waals surface area contributed by atoms with Crippen molar-refractivity contribution in [2.24, 2.45) is 5.92 Å². The SMILES string of the molecule is CCCCN1C(=O)[C@]2(c3cc(Cl)ccc31)C1C=C(OC)C=CN1C(C(=O)OC)=C(C(=O)OC)[C@@H]2C(=O)c1ccc(OC)cc1. The van der Waals surface area contributed by atoms with Gasteiger partial charge in [0.2, 0.25) is 5.91 Å². The number of allylic oxidation sites excluding steroid dienone is 1. The van der Waals surface area contributed by atoms with Gasteiger partial charge in [0.1, 0.15) is 22.6 Å². The first-order chi connectivity index (χ1) is 21.2. The van der Waals surface area contributed by atoms with E-state index in [-0.39, 0.29) is 16.8 Å². The maximum Gasteiger partial charge on any atom is 0.355 e. The Balaban J connectivity index is 1.94. The second kappa shape index (κ2) is 12.2. The van der Waals surface area contributed by atoms with Crippen LogP contribution < -0.4 is 9.64 Å². The van der Waals surface area contributed by atoms with E-state index in [0.717, 1.165) is 13.5 Å². The average molecular weight is 621 g/mol. The van der Waals surface area contributed by atoms with Crippen LogP contribution in [0.3, 0.4) is 0 Å². The quantitative estimate of drug-likeness (QED) is 0.294. The summed E-state index contributed by atoms with van der Waals surface area (Å²) < 4.78 is 21.2. The predicted octanol–water partition coefficient (Wildman–Crippen LogP) is 4.57. The minimum absolute atomic E-state index is 0.194. The normalized spacial score (nSPS) is 22.0. The van der Waals surface area contributed by atoms with Gasteiger partial charge in [0.05, 0.1) is 46.0 Å². The van der Waals surface area contributed by atoms with Crippen molar-refractivity contribution in [1.82, 2.24) is 4.90 Å². The number of methoxy groups -OCH3 is 4. The number of nitrogens with zero attached hydrogens (tertiary/aromatic N) is 2. The van der Waals surface area contributed by atoms with Crippen LogP contribution in [0, 0.1) is 5.92 Å². The topological polar surface area (TPSA) is 112 Å². The minimum Gasteiger partial charge on any atom is -0.497 e. The van der Waals surface area contributed by atoms with Crippen molar-refractivity contribution in [1.29, 1.82) is 0 Å². The monoisotopic (exact) mass is 620 g/mol. The zero-order valence-corrected chi connectivity index (χ0v) is 25.8. The van der Waals surface area contributed by atoms with E-state index in [1.165, 1.54) is 26.2 Å². The smallest absolute Gasteiger partial charge is 0.355 e. The number of carbonyl (C=O) groups excluding carboxylic acids is 4. The van der Waals surface area contributed by atoms with E-state index in [0.29, 0.717) is 40.7 Å². The number of Topliss-reactive ketones (excluding diaryl/α,β-unsaturated/α-hetero) is 1. The number of ether oxygens (including phenoxy) is 4. The van der Waals surface area contributed by atoms with Crippen LogP contribution in [0.5, 0.6) is 5.75 Å². The highest BCUT2D eigenvalue weighted by Crippen LogP contribution is 2.58. The molecule has 2 aromatic rings. The van der Waals surface area contributed by atoms with Gasteiger partial charge in [-0.05, 0) is 66.6 Å². The number of anilines is 1. The molecule has 11 heteroatoms. The van der Waals surface area contributed by atoms with E-state index in [9.17, 15) is 14.4 Å². The Hall–Kier alpha value is -4.57. The highest BCUT2D eigenvalue weighted by atomic mass is 35.5. The van der Waals surface area contributed by atoms with Crippen molar-refractivity contribution >= 4 is 40.9 Å². The second-order valence-electron chi connectivity index (χ2n) is 10.6. The fourth-order valence-corrected chi connectivity index (χ4v) is 6.61. The van der Waals surface area contributed by atoms with Crippen LogP contribution in [0.1, 0.15) is 35.7 Å². The fourth-order valence-electron chi connectivity index (χ4n) is 6.43. The molecule has 3 aliphatic heterocycles. The molecule has 3 heterocycles. The lowest BCUT2D eigenvalue weighted by Gasteiger charge is -2.51. The molecule has 44 heavy (non-hydrogen) atoms. The summed E-state index contributed by atoms with van der Waals surface area (Å²) in [5.41, 5.74) is -1.09. The van der Waals surface area contributed by atoms with Gasteiger partial charge in [-0.3, -0.25) is 9.59 Å². The lowest BCUT2D eigenvalue weighted by molar-refractivity contribution is -0.143. The molecule has 0 N–H and O–H groups in total. The number of hydrogen-bond donors (Lipinski definition) is 0. The number of amides is 1. The summed E-state index contributed by atoms with van der Waals surface area (Å²) in [4.78, 5) is 60.5. The fraction of sp³-hybridized carbons (Fsp3) is 0.333. The largest absolute Gasteiger partial charge is 0.497 e. The minimum atomic E-state index is -1.78. The van der Waals surface area contributed by atoms with Crippen LogP contribution in [0.2, 0.25) is 5.02 Å². The third kappa shape index (κ3) is 4.64. The number of unbranched alkanes of at least 4 members (excludes halogenated alkanes) is 1. The lowest BCUT2D eigenvalue weighted by atomic mass is 9.58. The molecule has 5 rings (SSSR count). The Morgan fingerprint density at radius 3 is 2.27 bits per heavy atom. The third-order valence-electron chi connectivity index (χ3n) is 8.43. The van der Waals surface area contributed by atoms with Crippen molar-refractivity contribution in [3.05, 3.63) is 94.0 Å². The van der Waals surface area contributed by atoms with Crippen molar-refractivity contribution in [3.8, 4) is 5.75 Å². The van der Waals surface area contributed by atoms with Crippen LogP contribution in [0.15, 0.2) is 77.8 Å². The molecule has 0 aromatic heterocycles. The van der Waals surface area contributed by atoms with Gasteiger partial charge in [-0.2, -0.15) is 0 Å². The lowest BCUT2D eigenvalue weighted by Crippen LogP contribution is -2.64. The van der Waals surface area contributed by atoms with Gasteiger partial charge >= 0.3 is 11.9 Å². The summed E-state index contributed by atoms with van der Waals surface area (Å²) in [5, 5.41) is 0.333. The molecule has 230 valence electrons. The van der Waals surface area contributed by atoms with Crippen LogP contribution in [-0.2, 0) is 34.0 Å². The van der Waals surface area contributed by atoms with Crippen LogP contribution in [-0.4, -0.2) is 69.6 Å². The molecule has 0 radical (unpaired) electrons. The van der Waals surface area contributed by atoms with Gasteiger partial charge < -0.3 is 28.7 Å². The summed E-state index contributed by atoms with van der Waals surface area (Å²) in [6, 6.07) is 10.4. The van der Waals surface area contributed by atoms with Crippen LogP contribution >= 0.6 is 11.6 Å². The number of rotatable bonds is 9. The number of carbonyl (C=O) groups is 4. The molecular formula is C33H33ClN2O8. The highest BCUT2D eigenvalue weighted by Gasteiger charge is 2.68. The van der Waals surface area contributed by atoms with Crippen molar-refractivity contribution < 1.29 is 38.1 Å². The van der Waals surface area contributed by atoms with E-state index >= 15 is 4.79 Å². The summed E-state index contributed by atoms with van der Waals surface area (Å²) in [5.74, 6) is -3.45. The molecule has 0 fully saturated rings. The van der Waals surface area contributed by atoms with Gasteiger partial charge in [0, 0.05) is 29.0 Å². The third-order valence-corrected chi connectivity index (χ3v) is 8.67. The molecule has 1 unspecified atom stereocenters. The van der Waals surface area contributed by atoms with Gasteiger partial charge in [0.25, 0.3) is 0 Å². The number of hydrogen-bond acceptors (Lipinski definition) is 9. The van der Waals surface area contributed by atoms with Crippen molar-refractivity contribution in [2.75, 3.05) is 39.9 Å². The van der Waals surface area contributed by atoms with E-state index in [4.69, 9.17) is 30.5 Å². The van der Waals surface area contributed by atoms with Gasteiger partial charge in [0.15, 0.2) is 5.78 Å². The van der Waals surface area contributed by atoms with Crippen molar-refractivity contribution in [2.45, 2.75) is 31.2 Å². The summed E-state index contributed by atoms with van der Waals surface area (Å²) >= 11 is 6.59. The van der Waals surface area contributed by atoms with E-state index in [1.54, 1.807) is 65.7 Å². The standard InChI is InChI=1S/C33H33ClN2O8/c1-6-7-15-35-24-13-10-20(34)17-23(24)33(32(35)40)25-18-22(42-3)14-16-36(25)28(31(39)44-5)26(30(38)43-4)27(33)29(37)19-8-11-21(41-2)12-9-19/h8-14,16-18,25,27H,6-7,15H2,1-5H3/t25?,27-,33-/m1/s1. The predicted molar refractivity (Wildman–Crippen MR) is 162 cm³/mol. The Morgan fingerprint density at radius 1 is 0.955 bits per heavy atom. The molecule has 0 bridgehead atoms. The number of halogens is 1. The first kappa shape index (κ1) is 30.9. The Bertz CT molecular complexity index is 1610. The zero-order chi connectivity index (χ0) is 31.8. The molecular weight excluding hydrogens is 588 g/mol. The van der Waals surface area contributed by atoms with Crippen molar-refractivity contribution in [3.63, 3.8) is 0 Å². The van der Waals surface area contributed by atoms with E-state index in [1.807, 2.05) is 6.92 Å². The Kier molecular flexibility index (Phi) is 8.56. The highest BCUT2D eigenvalue weighted by molar-refractivity contribution is 6.31. The molecule has 1 amide bonds. The first-order valence-electron chi connectivity index (χ1n) is 14.1. The maximum absolute atomic E-state index is 15.2. The molecule has 10 nitrogen and oxygen atoms in total. The second-order valence-corrected chi connectivity index (χ2v) is 11.0. The molecule has 0 saturated carbocycles. The van der Waals surface area contributed by atoms with Crippen LogP contribution in [0.4, 0.5) is 5.69 Å². The van der Waals surface area contributed by atoms with Crippen LogP contribution in [0.25, 0.3) is 0 Å². The summed E-state index contributed by atoms with van der Waals surface area (Å²) in [6.45, 7) is 2.37. The summed E-state index contributed by atoms with van der Waals surface area (Å²) in [6.07, 6.45) is 6.31.